The van der Waals surface area contributed by atoms with Crippen molar-refractivity contribution in [1.29, 1.82) is 0 Å². The van der Waals surface area contributed by atoms with E-state index < -0.39 is 78.1 Å². The van der Waals surface area contributed by atoms with Gasteiger partial charge < -0.3 is 30.9 Å². The van der Waals surface area contributed by atoms with Gasteiger partial charge in [0.2, 0.25) is 0 Å². The van der Waals surface area contributed by atoms with Gasteiger partial charge in [0.05, 0.1) is 28.9 Å². The van der Waals surface area contributed by atoms with E-state index in [1.54, 1.807) is 99.9 Å². The SMILES string of the molecule is CC(=O)c1[nH]c([C@@H]2CCCCN2C(=O)OC(C)(C)C)nc1-c1ccc(C(=O)Nc2cc(C(F)(F)F)ccn2)cc1.CC(=O)c1c(-c2ccc(C(=O)Nc3cc(C(F)(F)F)ccn3)cc2)nc([C@@H]2CCCCN2C(=O)OC(C)(C)C)n1N.NOP(=O)(c1ccccc1)c1ccccc1. The van der Waals surface area contributed by atoms with Gasteiger partial charge in [0.25, 0.3) is 19.2 Å². The first kappa shape index (κ1) is 72.8. The molecule has 8 aromatic rings. The molecule has 2 aliphatic rings. The van der Waals surface area contributed by atoms with Crippen molar-refractivity contribution in [3.05, 3.63) is 191 Å². The number of aromatic amines is 1. The number of likely N-dealkylation sites (tertiary alicyclic amines) is 2. The molecule has 0 saturated carbocycles. The van der Waals surface area contributed by atoms with E-state index in [2.05, 4.69) is 35.6 Å². The number of nitrogens with zero attached hydrogens (tertiary/aromatic N) is 7. The third-order valence-electron chi connectivity index (χ3n) is 15.1. The molecule has 0 bridgehead atoms. The zero-order valence-corrected chi connectivity index (χ0v) is 55.1. The summed E-state index contributed by atoms with van der Waals surface area (Å²) in [6.45, 7) is 14.4. The van der Waals surface area contributed by atoms with E-state index >= 15 is 0 Å². The van der Waals surface area contributed by atoms with Crippen LogP contribution in [-0.2, 0) is 31.0 Å². The molecular weight excluding hydrogens is 1290 g/mol. The van der Waals surface area contributed by atoms with Gasteiger partial charge >= 0.3 is 24.5 Å². The second-order valence-electron chi connectivity index (χ2n) is 24.6. The Labute approximate surface area is 554 Å². The minimum absolute atomic E-state index is 0.125. The van der Waals surface area contributed by atoms with Gasteiger partial charge in [0.1, 0.15) is 45.7 Å². The number of alkyl halides is 6. The van der Waals surface area contributed by atoms with Crippen molar-refractivity contribution >= 4 is 65.2 Å². The average molecular weight is 1360 g/mol. The Morgan fingerprint density at radius 2 is 0.990 bits per heavy atom. The Morgan fingerprint density at radius 1 is 0.567 bits per heavy atom. The number of carbonyl (C=O) groups is 6. The Balaban J connectivity index is 0.000000202. The van der Waals surface area contributed by atoms with Crippen molar-refractivity contribution in [2.45, 2.75) is 130 Å². The van der Waals surface area contributed by atoms with Gasteiger partial charge in [0.15, 0.2) is 17.4 Å². The number of rotatable bonds is 13. The molecule has 22 nitrogen and oxygen atoms in total. The minimum atomic E-state index is -4.58. The number of benzene rings is 4. The predicted octanol–water partition coefficient (Wildman–Crippen LogP) is 13.8. The second-order valence-corrected chi connectivity index (χ2v) is 27.0. The van der Waals surface area contributed by atoms with E-state index in [0.29, 0.717) is 65.0 Å². The third kappa shape index (κ3) is 18.5. The molecule has 7 N–H and O–H groups in total. The van der Waals surface area contributed by atoms with Crippen LogP contribution in [0.4, 0.5) is 47.6 Å². The highest BCUT2D eigenvalue weighted by atomic mass is 31.2. The number of carbonyl (C=O) groups excluding carboxylic acids is 6. The summed E-state index contributed by atoms with van der Waals surface area (Å²) in [7, 11) is -3.13. The number of nitrogen functional groups attached to an aromatic ring is 1. The number of piperidine rings is 2. The van der Waals surface area contributed by atoms with Crippen LogP contribution in [0.1, 0.15) is 170 Å². The number of anilines is 2. The number of nitrogens with two attached hydrogens (primary N) is 2. The number of hydrogen-bond acceptors (Lipinski definition) is 16. The lowest BCUT2D eigenvalue weighted by Gasteiger charge is -2.36. The molecule has 0 radical (unpaired) electrons. The normalized spacial score (nSPS) is 15.2. The number of aromatic nitrogens is 6. The maximum Gasteiger partial charge on any atom is 0.416 e. The first-order chi connectivity index (χ1) is 45.6. The van der Waals surface area contributed by atoms with Gasteiger partial charge in [-0.05, 0) is 153 Å². The van der Waals surface area contributed by atoms with Crippen LogP contribution in [0.3, 0.4) is 0 Å². The zero-order chi connectivity index (χ0) is 70.8. The van der Waals surface area contributed by atoms with Crippen LogP contribution in [0.5, 0.6) is 0 Å². The largest absolute Gasteiger partial charge is 0.444 e. The fraction of sp³-hybridized carbons (Fsp3) is 0.324. The van der Waals surface area contributed by atoms with E-state index in [1.165, 1.54) is 42.8 Å². The highest BCUT2D eigenvalue weighted by Gasteiger charge is 2.38. The monoisotopic (exact) mass is 1360 g/mol. The lowest BCUT2D eigenvalue weighted by Crippen LogP contribution is -2.43. The van der Waals surface area contributed by atoms with Crippen molar-refractivity contribution in [2.75, 3.05) is 29.6 Å². The third-order valence-corrected chi connectivity index (χ3v) is 17.3. The molecule has 2 aliphatic heterocycles. The number of ketones is 2. The lowest BCUT2D eigenvalue weighted by atomic mass is 10.0. The molecule has 4 aromatic carbocycles. The Bertz CT molecular complexity index is 4130. The molecule has 2 fully saturated rings. The van der Waals surface area contributed by atoms with E-state index in [1.807, 2.05) is 36.4 Å². The molecular formula is C68H73F6N12O10P. The fourth-order valence-electron chi connectivity index (χ4n) is 10.5. The molecule has 97 heavy (non-hydrogen) atoms. The molecule has 0 unspecified atom stereocenters. The van der Waals surface area contributed by atoms with Gasteiger partial charge in [-0.3, -0.25) is 33.5 Å². The quantitative estimate of drug-likeness (QED) is 0.0236. The van der Waals surface area contributed by atoms with Gasteiger partial charge in [-0.25, -0.2) is 44.7 Å². The van der Waals surface area contributed by atoms with Gasteiger partial charge in [-0.1, -0.05) is 60.7 Å². The van der Waals surface area contributed by atoms with Crippen molar-refractivity contribution in [2.24, 2.45) is 5.90 Å². The van der Waals surface area contributed by atoms with Crippen LogP contribution in [0, 0.1) is 0 Å². The van der Waals surface area contributed by atoms with Crippen LogP contribution in [0.15, 0.2) is 146 Å². The molecule has 29 heteroatoms. The molecule has 10 rings (SSSR count). The fourth-order valence-corrected chi connectivity index (χ4v) is 12.2. The topological polar surface area (TPSA) is 302 Å². The first-order valence-corrected chi connectivity index (χ1v) is 32.3. The van der Waals surface area contributed by atoms with E-state index in [-0.39, 0.29) is 51.4 Å². The Kier molecular flexibility index (Phi) is 22.8. The summed E-state index contributed by atoms with van der Waals surface area (Å²) in [4.78, 5) is 99.5. The maximum absolute atomic E-state index is 13.0. The number of amides is 4. The summed E-state index contributed by atoms with van der Waals surface area (Å²) in [6, 6.07) is 32.3. The van der Waals surface area contributed by atoms with E-state index in [0.717, 1.165) is 62.3 Å². The molecule has 512 valence electrons. The molecule has 6 heterocycles. The van der Waals surface area contributed by atoms with Gasteiger partial charge in [0, 0.05) is 72.2 Å². The van der Waals surface area contributed by atoms with E-state index in [9.17, 15) is 59.7 Å². The van der Waals surface area contributed by atoms with Crippen molar-refractivity contribution in [3.8, 4) is 22.5 Å². The molecule has 2 saturated heterocycles. The standard InChI is InChI=1S/C28H31F3N6O4.C28H30F3N5O4.C12H12NO2P/c1-16(38)23-22(35-24(37(23)32)20-7-5-6-14-36(20)26(40)41-27(2,3)4)17-8-10-18(11-9-17)25(39)34-21-15-19(12-13-33-21)28(29,30)31;1-16(37)22-23(35-24(34-22)20-7-5-6-14-36(20)26(39)40-27(2,3)4)17-8-10-18(11-9-17)25(38)33-21-15-19(12-13-32-21)28(29,30)31;13-15-16(14,11-7-3-1-4-8-11)12-9-5-2-6-10-12/h8-13,15,20H,5-7,14,32H2,1-4H3,(H,33,34,39);8-13,15,20H,5-7,14H2,1-4H3,(H,34,35)(H,32,33,38);1-10H,13H2/t2*20-;/m00./s1. The Hall–Kier alpha value is -10.1. The summed E-state index contributed by atoms with van der Waals surface area (Å²) in [5.41, 5.74) is -0.861. The van der Waals surface area contributed by atoms with Crippen LogP contribution in [0.2, 0.25) is 0 Å². The second kappa shape index (κ2) is 30.4. The highest BCUT2D eigenvalue weighted by molar-refractivity contribution is 7.74. The van der Waals surface area contributed by atoms with Crippen LogP contribution in [0.25, 0.3) is 22.5 Å². The molecule has 4 amide bonds. The van der Waals surface area contributed by atoms with Crippen LogP contribution in [-0.4, -0.2) is 99.3 Å². The summed E-state index contributed by atoms with van der Waals surface area (Å²) >= 11 is 0. The average Bonchev–Trinajstić information content (AvgIpc) is 1.75. The number of ether oxygens (including phenoxy) is 2. The van der Waals surface area contributed by atoms with Gasteiger partial charge in [-0.15, -0.1) is 0 Å². The smallest absolute Gasteiger partial charge is 0.416 e. The number of Topliss-reactive ketones (excluding diaryl/α,β-unsaturated/α-hetero) is 2. The Morgan fingerprint density at radius 3 is 1.39 bits per heavy atom. The van der Waals surface area contributed by atoms with Gasteiger partial charge in [-0.2, -0.15) is 26.3 Å². The molecule has 0 spiro atoms. The van der Waals surface area contributed by atoms with Crippen molar-refractivity contribution in [1.82, 2.24) is 39.4 Å². The highest BCUT2D eigenvalue weighted by Crippen LogP contribution is 2.43. The predicted molar refractivity (Wildman–Crippen MR) is 350 cm³/mol. The molecule has 4 aromatic heterocycles. The maximum atomic E-state index is 13.0. The summed E-state index contributed by atoms with van der Waals surface area (Å²) in [6.07, 6.45) is -3.64. The van der Waals surface area contributed by atoms with Crippen molar-refractivity contribution < 1.29 is 73.8 Å². The minimum Gasteiger partial charge on any atom is -0.444 e. The number of nitrogens with one attached hydrogen (secondary N) is 3. The van der Waals surface area contributed by atoms with E-state index in [4.69, 9.17) is 25.8 Å². The molecule has 0 aliphatic carbocycles. The number of H-pyrrole nitrogens is 1. The summed E-state index contributed by atoms with van der Waals surface area (Å²) < 4.78 is 108. The lowest BCUT2D eigenvalue weighted by molar-refractivity contribution is -0.138. The van der Waals surface area contributed by atoms with Crippen LogP contribution < -0.4 is 33.0 Å². The molecule has 2 atom stereocenters. The number of halogens is 6. The summed E-state index contributed by atoms with van der Waals surface area (Å²) in [5.74, 6) is 9.96. The van der Waals surface area contributed by atoms with Crippen molar-refractivity contribution in [3.63, 3.8) is 0 Å². The first-order valence-electron chi connectivity index (χ1n) is 30.6. The number of imidazole rings is 2. The van der Waals surface area contributed by atoms with Crippen LogP contribution >= 0.6 is 7.37 Å². The zero-order valence-electron chi connectivity index (χ0n) is 54.3. The number of pyridine rings is 2. The number of hydrogen-bond donors (Lipinski definition) is 5. The summed E-state index contributed by atoms with van der Waals surface area (Å²) in [5, 5.41) is 5.92.